The van der Waals surface area contributed by atoms with Crippen molar-refractivity contribution in [2.45, 2.75) is 0 Å². The second-order valence-corrected chi connectivity index (χ2v) is 5.26. The summed E-state index contributed by atoms with van der Waals surface area (Å²) >= 11 is 0. The van der Waals surface area contributed by atoms with Gasteiger partial charge in [0.15, 0.2) is 0 Å². The molecule has 0 heterocycles. The van der Waals surface area contributed by atoms with E-state index in [1.807, 2.05) is 36.4 Å². The molecule has 2 aromatic rings. The Morgan fingerprint density at radius 2 is 1.27 bits per heavy atom. The van der Waals surface area contributed by atoms with Gasteiger partial charge in [0.2, 0.25) is 0 Å². The standard InChI is InChI=1S/C21H22O5/c1-16(23-2)17-6-10-19(11-7-17)25-14-4-5-15-26-20-12-8-18(9-13-20)21(22)24-3/h4-13H,1,14-15H2,2-3H3/b5-4-. The van der Waals surface area contributed by atoms with Crippen molar-refractivity contribution >= 4 is 11.7 Å². The van der Waals surface area contributed by atoms with Gasteiger partial charge in [0, 0.05) is 5.56 Å². The van der Waals surface area contributed by atoms with Gasteiger partial charge in [-0.05, 0) is 60.7 Å². The van der Waals surface area contributed by atoms with Gasteiger partial charge in [-0.1, -0.05) is 6.58 Å². The number of carbonyl (C=O) groups excluding carboxylic acids is 1. The molecule has 0 aliphatic heterocycles. The van der Waals surface area contributed by atoms with E-state index < -0.39 is 0 Å². The van der Waals surface area contributed by atoms with Crippen molar-refractivity contribution in [3.63, 3.8) is 0 Å². The van der Waals surface area contributed by atoms with Crippen molar-refractivity contribution < 1.29 is 23.7 Å². The van der Waals surface area contributed by atoms with E-state index in [1.165, 1.54) is 7.11 Å². The Bertz CT molecular complexity index is 679. The number of ether oxygens (including phenoxy) is 4. The molecule has 0 N–H and O–H groups in total. The first-order chi connectivity index (χ1) is 12.6. The Balaban J connectivity index is 1.71. The quantitative estimate of drug-likeness (QED) is 0.385. The zero-order valence-corrected chi connectivity index (χ0v) is 14.9. The van der Waals surface area contributed by atoms with Crippen molar-refractivity contribution in [1.29, 1.82) is 0 Å². The zero-order chi connectivity index (χ0) is 18.8. The molecule has 0 bridgehead atoms. The van der Waals surface area contributed by atoms with Crippen LogP contribution in [0.15, 0.2) is 67.3 Å². The molecule has 0 aliphatic carbocycles. The fourth-order valence-electron chi connectivity index (χ4n) is 2.08. The maximum Gasteiger partial charge on any atom is 0.337 e. The number of carbonyl (C=O) groups is 1. The van der Waals surface area contributed by atoms with Crippen LogP contribution in [0.2, 0.25) is 0 Å². The summed E-state index contributed by atoms with van der Waals surface area (Å²) in [5.41, 5.74) is 1.41. The summed E-state index contributed by atoms with van der Waals surface area (Å²) in [5, 5.41) is 0. The van der Waals surface area contributed by atoms with Crippen LogP contribution in [0.4, 0.5) is 0 Å². The second kappa shape index (κ2) is 9.93. The van der Waals surface area contributed by atoms with Crippen LogP contribution in [-0.4, -0.2) is 33.4 Å². The molecule has 0 fully saturated rings. The van der Waals surface area contributed by atoms with Crippen LogP contribution in [0.1, 0.15) is 15.9 Å². The molecule has 0 atom stereocenters. The fraction of sp³-hybridized carbons (Fsp3) is 0.190. The van der Waals surface area contributed by atoms with E-state index in [0.717, 1.165) is 11.3 Å². The van der Waals surface area contributed by atoms with Gasteiger partial charge in [-0.25, -0.2) is 4.79 Å². The van der Waals surface area contributed by atoms with Crippen LogP contribution in [0.5, 0.6) is 11.5 Å². The summed E-state index contributed by atoms with van der Waals surface area (Å²) in [6.45, 7) is 4.65. The lowest BCUT2D eigenvalue weighted by Gasteiger charge is -2.07. The summed E-state index contributed by atoms with van der Waals surface area (Å²) in [7, 11) is 2.94. The summed E-state index contributed by atoms with van der Waals surface area (Å²) in [6.07, 6.45) is 3.75. The van der Waals surface area contributed by atoms with E-state index in [9.17, 15) is 4.79 Å². The molecule has 136 valence electrons. The third-order valence-electron chi connectivity index (χ3n) is 3.56. The Morgan fingerprint density at radius 3 is 1.69 bits per heavy atom. The van der Waals surface area contributed by atoms with Gasteiger partial charge < -0.3 is 18.9 Å². The van der Waals surface area contributed by atoms with Crippen molar-refractivity contribution in [3.05, 3.63) is 78.4 Å². The van der Waals surface area contributed by atoms with Gasteiger partial charge in [0.05, 0.1) is 19.8 Å². The highest BCUT2D eigenvalue weighted by Crippen LogP contribution is 2.18. The third kappa shape index (κ3) is 5.70. The molecule has 0 aromatic heterocycles. The molecule has 0 radical (unpaired) electrons. The predicted octanol–water partition coefficient (Wildman–Crippen LogP) is 4.10. The van der Waals surface area contributed by atoms with Crippen molar-refractivity contribution in [2.24, 2.45) is 0 Å². The number of hydrogen-bond acceptors (Lipinski definition) is 5. The smallest absolute Gasteiger partial charge is 0.337 e. The molecule has 0 unspecified atom stereocenters. The number of benzene rings is 2. The average molecular weight is 354 g/mol. The Labute approximate surface area is 153 Å². The van der Waals surface area contributed by atoms with Crippen LogP contribution < -0.4 is 9.47 Å². The van der Waals surface area contributed by atoms with Crippen LogP contribution in [0, 0.1) is 0 Å². The summed E-state index contributed by atoms with van der Waals surface area (Å²) in [4.78, 5) is 11.3. The normalized spacial score (nSPS) is 10.4. The van der Waals surface area contributed by atoms with Crippen molar-refractivity contribution in [3.8, 4) is 11.5 Å². The molecular formula is C21H22O5. The maximum atomic E-state index is 11.3. The third-order valence-corrected chi connectivity index (χ3v) is 3.56. The van der Waals surface area contributed by atoms with E-state index in [2.05, 4.69) is 11.3 Å². The van der Waals surface area contributed by atoms with Gasteiger partial charge in [-0.3, -0.25) is 0 Å². The summed E-state index contributed by atoms with van der Waals surface area (Å²) in [6, 6.07) is 14.3. The molecule has 26 heavy (non-hydrogen) atoms. The van der Waals surface area contributed by atoms with Gasteiger partial charge in [-0.2, -0.15) is 0 Å². The lowest BCUT2D eigenvalue weighted by Crippen LogP contribution is -2.01. The van der Waals surface area contributed by atoms with E-state index in [-0.39, 0.29) is 5.97 Å². The average Bonchev–Trinajstić information content (AvgIpc) is 2.70. The number of hydrogen-bond donors (Lipinski definition) is 0. The molecule has 0 saturated carbocycles. The maximum absolute atomic E-state index is 11.3. The SMILES string of the molecule is C=C(OC)c1ccc(OC/C=C\COc2ccc(C(=O)OC)cc2)cc1. The van der Waals surface area contributed by atoms with Gasteiger partial charge in [0.25, 0.3) is 0 Å². The van der Waals surface area contributed by atoms with Crippen LogP contribution in [0.25, 0.3) is 5.76 Å². The van der Waals surface area contributed by atoms with Crippen LogP contribution in [0.3, 0.4) is 0 Å². The summed E-state index contributed by atoms with van der Waals surface area (Å²) < 4.78 is 20.9. The van der Waals surface area contributed by atoms with Crippen LogP contribution >= 0.6 is 0 Å². The number of esters is 1. The van der Waals surface area contributed by atoms with Crippen molar-refractivity contribution in [2.75, 3.05) is 27.4 Å². The molecule has 0 saturated heterocycles. The predicted molar refractivity (Wildman–Crippen MR) is 100 cm³/mol. The lowest BCUT2D eigenvalue weighted by molar-refractivity contribution is 0.0600. The van der Waals surface area contributed by atoms with Gasteiger partial charge in [0.1, 0.15) is 30.5 Å². The van der Waals surface area contributed by atoms with Gasteiger partial charge >= 0.3 is 5.97 Å². The van der Waals surface area contributed by atoms with Gasteiger partial charge in [-0.15, -0.1) is 0 Å². The van der Waals surface area contributed by atoms with E-state index in [0.29, 0.717) is 30.3 Å². The Morgan fingerprint density at radius 1 is 0.808 bits per heavy atom. The number of rotatable bonds is 9. The minimum atomic E-state index is -0.367. The first kappa shape index (κ1) is 19.1. The van der Waals surface area contributed by atoms with Crippen molar-refractivity contribution in [1.82, 2.24) is 0 Å². The topological polar surface area (TPSA) is 54.0 Å². The Hall–Kier alpha value is -3.21. The molecule has 0 spiro atoms. The highest BCUT2D eigenvalue weighted by molar-refractivity contribution is 5.89. The van der Waals surface area contributed by atoms with E-state index in [4.69, 9.17) is 14.2 Å². The largest absolute Gasteiger partial charge is 0.497 e. The monoisotopic (exact) mass is 354 g/mol. The minimum absolute atomic E-state index is 0.367. The lowest BCUT2D eigenvalue weighted by atomic mass is 10.2. The molecule has 5 heteroatoms. The van der Waals surface area contributed by atoms with E-state index in [1.54, 1.807) is 31.4 Å². The molecule has 5 nitrogen and oxygen atoms in total. The summed E-state index contributed by atoms with van der Waals surface area (Å²) in [5.74, 6) is 1.69. The first-order valence-corrected chi connectivity index (χ1v) is 8.06. The molecule has 0 aliphatic rings. The fourth-order valence-corrected chi connectivity index (χ4v) is 2.08. The highest BCUT2D eigenvalue weighted by Gasteiger charge is 2.04. The Kier molecular flexibility index (Phi) is 7.31. The second-order valence-electron chi connectivity index (χ2n) is 5.26. The van der Waals surface area contributed by atoms with Crippen LogP contribution in [-0.2, 0) is 9.47 Å². The number of methoxy groups -OCH3 is 2. The highest BCUT2D eigenvalue weighted by atomic mass is 16.5. The van der Waals surface area contributed by atoms with E-state index >= 15 is 0 Å². The molecule has 2 rings (SSSR count). The first-order valence-electron chi connectivity index (χ1n) is 8.06. The molecule has 2 aromatic carbocycles. The minimum Gasteiger partial charge on any atom is -0.497 e. The molecular weight excluding hydrogens is 332 g/mol. The molecule has 0 amide bonds. The zero-order valence-electron chi connectivity index (χ0n) is 14.9.